The van der Waals surface area contributed by atoms with Crippen LogP contribution in [-0.2, 0) is 21.4 Å². The molecule has 0 fully saturated rings. The maximum Gasteiger partial charge on any atom is 0.255 e. The number of benzene rings is 3. The zero-order valence-electron chi connectivity index (χ0n) is 17.9. The number of carbonyl (C=O) groups is 2. The molecular weight excluding hydrogens is 426 g/mol. The summed E-state index contributed by atoms with van der Waals surface area (Å²) in [7, 11) is -2.40. The van der Waals surface area contributed by atoms with E-state index in [0.29, 0.717) is 11.3 Å². The lowest BCUT2D eigenvalue weighted by Crippen LogP contribution is -2.38. The van der Waals surface area contributed by atoms with Crippen LogP contribution < -0.4 is 10.6 Å². The molecule has 0 aromatic heterocycles. The molecule has 0 atom stereocenters. The molecule has 3 aromatic rings. The molecule has 0 unspecified atom stereocenters. The lowest BCUT2D eigenvalue weighted by molar-refractivity contribution is -0.121. The van der Waals surface area contributed by atoms with Crippen LogP contribution in [0.1, 0.15) is 21.5 Å². The van der Waals surface area contributed by atoms with Crippen LogP contribution in [0.3, 0.4) is 0 Å². The first-order chi connectivity index (χ1) is 15.3. The zero-order valence-corrected chi connectivity index (χ0v) is 18.7. The number of aryl methyl sites for hydroxylation is 1. The number of nitrogens with one attached hydrogen (secondary N) is 2. The summed E-state index contributed by atoms with van der Waals surface area (Å²) in [5.41, 5.74) is 2.82. The molecule has 2 N–H and O–H groups in total. The fourth-order valence-corrected chi connectivity index (χ4v) is 4.11. The van der Waals surface area contributed by atoms with Gasteiger partial charge in [0.2, 0.25) is 15.9 Å². The Bertz CT molecular complexity index is 1190. The van der Waals surface area contributed by atoms with Crippen LogP contribution in [0.2, 0.25) is 0 Å². The molecule has 0 aliphatic carbocycles. The molecule has 0 aliphatic heterocycles. The topological polar surface area (TPSA) is 95.6 Å². The highest BCUT2D eigenvalue weighted by Gasteiger charge is 2.22. The summed E-state index contributed by atoms with van der Waals surface area (Å²) in [5, 5.41) is 5.51. The third-order valence-electron chi connectivity index (χ3n) is 4.81. The van der Waals surface area contributed by atoms with Crippen molar-refractivity contribution in [2.24, 2.45) is 0 Å². The smallest absolute Gasteiger partial charge is 0.255 e. The fraction of sp³-hybridized carbons (Fsp3) is 0.167. The van der Waals surface area contributed by atoms with Crippen LogP contribution in [0.4, 0.5) is 5.69 Å². The Kier molecular flexibility index (Phi) is 7.40. The van der Waals surface area contributed by atoms with Crippen molar-refractivity contribution in [3.05, 3.63) is 95.6 Å². The van der Waals surface area contributed by atoms with E-state index in [4.69, 9.17) is 0 Å². The van der Waals surface area contributed by atoms with Gasteiger partial charge < -0.3 is 10.6 Å². The minimum atomic E-state index is -3.76. The standard InChI is InChI=1S/C24H25N3O4S/c1-18-11-13-22(14-12-18)32(30,31)27(2)17-23(28)25-16-19-7-6-8-20(15-19)24(29)26-21-9-4-3-5-10-21/h3-15H,16-17H2,1-2H3,(H,25,28)(H,26,29). The van der Waals surface area contributed by atoms with Gasteiger partial charge in [-0.05, 0) is 48.9 Å². The van der Waals surface area contributed by atoms with E-state index in [1.54, 1.807) is 48.5 Å². The number of hydrogen-bond acceptors (Lipinski definition) is 4. The molecule has 0 radical (unpaired) electrons. The Hall–Kier alpha value is -3.49. The van der Waals surface area contributed by atoms with Crippen molar-refractivity contribution >= 4 is 27.5 Å². The Morgan fingerprint density at radius 1 is 0.906 bits per heavy atom. The minimum absolute atomic E-state index is 0.135. The van der Waals surface area contributed by atoms with Crippen LogP contribution in [0.5, 0.6) is 0 Å². The van der Waals surface area contributed by atoms with E-state index in [-0.39, 0.29) is 23.9 Å². The summed E-state index contributed by atoms with van der Waals surface area (Å²) < 4.78 is 26.3. The molecule has 2 amide bonds. The highest BCUT2D eigenvalue weighted by Crippen LogP contribution is 2.15. The summed E-state index contributed by atoms with van der Waals surface area (Å²) in [6.07, 6.45) is 0. The van der Waals surface area contributed by atoms with Gasteiger partial charge in [0.1, 0.15) is 0 Å². The maximum atomic E-state index is 12.6. The van der Waals surface area contributed by atoms with Gasteiger partial charge in [0.25, 0.3) is 5.91 Å². The molecule has 0 saturated carbocycles. The van der Waals surface area contributed by atoms with Crippen LogP contribution in [0.15, 0.2) is 83.8 Å². The van der Waals surface area contributed by atoms with E-state index in [1.165, 1.54) is 19.2 Å². The van der Waals surface area contributed by atoms with Crippen molar-refractivity contribution < 1.29 is 18.0 Å². The van der Waals surface area contributed by atoms with Crippen LogP contribution >= 0.6 is 0 Å². The molecule has 0 spiro atoms. The number of amides is 2. The molecule has 0 saturated heterocycles. The van der Waals surface area contributed by atoms with Gasteiger partial charge in [-0.2, -0.15) is 4.31 Å². The first-order valence-electron chi connectivity index (χ1n) is 10.0. The van der Waals surface area contributed by atoms with E-state index in [0.717, 1.165) is 15.4 Å². The second-order valence-corrected chi connectivity index (χ2v) is 9.42. The molecule has 0 bridgehead atoms. The average molecular weight is 452 g/mol. The molecule has 8 heteroatoms. The molecule has 32 heavy (non-hydrogen) atoms. The van der Waals surface area contributed by atoms with E-state index in [1.807, 2.05) is 25.1 Å². The number of nitrogens with zero attached hydrogens (tertiary/aromatic N) is 1. The highest BCUT2D eigenvalue weighted by molar-refractivity contribution is 7.89. The molecule has 0 heterocycles. The Labute approximate surface area is 188 Å². The van der Waals surface area contributed by atoms with Crippen LogP contribution in [-0.4, -0.2) is 38.1 Å². The van der Waals surface area contributed by atoms with Gasteiger partial charge in [0.05, 0.1) is 11.4 Å². The van der Waals surface area contributed by atoms with Crippen LogP contribution in [0, 0.1) is 6.92 Å². The first-order valence-corrected chi connectivity index (χ1v) is 11.4. The third kappa shape index (κ3) is 6.03. The van der Waals surface area contributed by atoms with Crippen molar-refractivity contribution in [1.29, 1.82) is 0 Å². The monoisotopic (exact) mass is 451 g/mol. The summed E-state index contributed by atoms with van der Waals surface area (Å²) in [4.78, 5) is 24.9. The van der Waals surface area contributed by atoms with Gasteiger partial charge in [0, 0.05) is 24.8 Å². The number of likely N-dealkylation sites (N-methyl/N-ethyl adjacent to an activating group) is 1. The molecule has 7 nitrogen and oxygen atoms in total. The number of para-hydroxylation sites is 1. The lowest BCUT2D eigenvalue weighted by Gasteiger charge is -2.17. The van der Waals surface area contributed by atoms with E-state index in [9.17, 15) is 18.0 Å². The van der Waals surface area contributed by atoms with Crippen molar-refractivity contribution in [2.75, 3.05) is 18.9 Å². The summed E-state index contributed by atoms with van der Waals surface area (Å²) >= 11 is 0. The van der Waals surface area contributed by atoms with Crippen LogP contribution in [0.25, 0.3) is 0 Å². The van der Waals surface area contributed by atoms with Gasteiger partial charge in [-0.25, -0.2) is 8.42 Å². The fourth-order valence-electron chi connectivity index (χ4n) is 2.98. The summed E-state index contributed by atoms with van der Waals surface area (Å²) in [6.45, 7) is 1.72. The normalized spacial score (nSPS) is 11.2. The van der Waals surface area contributed by atoms with Crippen molar-refractivity contribution in [3.8, 4) is 0 Å². The lowest BCUT2D eigenvalue weighted by atomic mass is 10.1. The quantitative estimate of drug-likeness (QED) is 0.550. The zero-order chi connectivity index (χ0) is 23.1. The second kappa shape index (κ2) is 10.2. The van der Waals surface area contributed by atoms with Gasteiger partial charge in [-0.15, -0.1) is 0 Å². The molecule has 166 valence electrons. The first kappa shape index (κ1) is 23.2. The molecule has 3 rings (SSSR count). The largest absolute Gasteiger partial charge is 0.351 e. The number of anilines is 1. The van der Waals surface area contributed by atoms with E-state index < -0.39 is 15.9 Å². The van der Waals surface area contributed by atoms with Crippen molar-refractivity contribution in [2.45, 2.75) is 18.4 Å². The highest BCUT2D eigenvalue weighted by atomic mass is 32.2. The minimum Gasteiger partial charge on any atom is -0.351 e. The Morgan fingerprint density at radius 2 is 1.59 bits per heavy atom. The van der Waals surface area contributed by atoms with E-state index >= 15 is 0 Å². The predicted octanol–water partition coefficient (Wildman–Crippen LogP) is 3.18. The van der Waals surface area contributed by atoms with Gasteiger partial charge in [0.15, 0.2) is 0 Å². The number of carbonyl (C=O) groups excluding carboxylic acids is 2. The SMILES string of the molecule is Cc1ccc(S(=O)(=O)N(C)CC(=O)NCc2cccc(C(=O)Nc3ccccc3)c2)cc1. The number of hydrogen-bond donors (Lipinski definition) is 2. The summed E-state index contributed by atoms with van der Waals surface area (Å²) in [5.74, 6) is -0.698. The van der Waals surface area contributed by atoms with Gasteiger partial charge >= 0.3 is 0 Å². The van der Waals surface area contributed by atoms with Gasteiger partial charge in [-0.1, -0.05) is 48.0 Å². The predicted molar refractivity (Wildman–Crippen MR) is 124 cm³/mol. The average Bonchev–Trinajstić information content (AvgIpc) is 2.79. The molecule has 3 aromatic carbocycles. The second-order valence-electron chi connectivity index (χ2n) is 7.37. The Morgan fingerprint density at radius 3 is 2.28 bits per heavy atom. The Balaban J connectivity index is 1.57. The molecule has 0 aliphatic rings. The molecular formula is C24H25N3O4S. The van der Waals surface area contributed by atoms with Gasteiger partial charge in [-0.3, -0.25) is 9.59 Å². The number of rotatable bonds is 8. The van der Waals surface area contributed by atoms with Crippen molar-refractivity contribution in [1.82, 2.24) is 9.62 Å². The maximum absolute atomic E-state index is 12.6. The summed E-state index contributed by atoms with van der Waals surface area (Å²) in [6, 6.07) is 22.5. The van der Waals surface area contributed by atoms with Crippen molar-refractivity contribution in [3.63, 3.8) is 0 Å². The third-order valence-corrected chi connectivity index (χ3v) is 6.62. The van der Waals surface area contributed by atoms with E-state index in [2.05, 4.69) is 10.6 Å². The number of sulfonamides is 1.